The van der Waals surface area contributed by atoms with Crippen molar-refractivity contribution in [2.24, 2.45) is 0 Å². The fourth-order valence-electron chi connectivity index (χ4n) is 1.80. The number of allylic oxidation sites excluding steroid dienone is 1. The van der Waals surface area contributed by atoms with Crippen molar-refractivity contribution >= 4 is 23.1 Å². The zero-order chi connectivity index (χ0) is 14.7. The maximum absolute atomic E-state index is 11.7. The SMILES string of the molecule is C=C(C)c1cc(C(=O)OC)cc(-c2ccc(Cl)cn2)c1. The summed E-state index contributed by atoms with van der Waals surface area (Å²) in [6, 6.07) is 9.00. The number of carbonyl (C=O) groups excluding carboxylic acids is 1. The number of rotatable bonds is 3. The number of carbonyl (C=O) groups is 1. The highest BCUT2D eigenvalue weighted by molar-refractivity contribution is 6.30. The lowest BCUT2D eigenvalue weighted by Crippen LogP contribution is -2.02. The molecule has 2 rings (SSSR count). The van der Waals surface area contributed by atoms with Gasteiger partial charge in [-0.25, -0.2) is 4.79 Å². The molecule has 0 aliphatic heterocycles. The highest BCUT2D eigenvalue weighted by Gasteiger charge is 2.11. The molecule has 1 aromatic heterocycles. The smallest absolute Gasteiger partial charge is 0.337 e. The zero-order valence-corrected chi connectivity index (χ0v) is 12.1. The van der Waals surface area contributed by atoms with Crippen molar-refractivity contribution in [3.05, 3.63) is 59.3 Å². The monoisotopic (exact) mass is 287 g/mol. The van der Waals surface area contributed by atoms with Crippen molar-refractivity contribution in [3.8, 4) is 11.3 Å². The highest BCUT2D eigenvalue weighted by Crippen LogP contribution is 2.25. The van der Waals surface area contributed by atoms with Gasteiger partial charge in [-0.05, 0) is 42.8 Å². The standard InChI is InChI=1S/C16H14ClNO2/c1-10(2)11-6-12(8-13(7-11)16(19)20-3)15-5-4-14(17)9-18-15/h4-9H,1H2,2-3H3. The Kier molecular flexibility index (Phi) is 4.20. The summed E-state index contributed by atoms with van der Waals surface area (Å²) in [5, 5.41) is 0.568. The van der Waals surface area contributed by atoms with Crippen LogP contribution in [0.25, 0.3) is 16.8 Å². The number of nitrogens with zero attached hydrogens (tertiary/aromatic N) is 1. The second-order valence-corrected chi connectivity index (χ2v) is 4.87. The Morgan fingerprint density at radius 3 is 2.50 bits per heavy atom. The van der Waals surface area contributed by atoms with Crippen LogP contribution >= 0.6 is 11.6 Å². The molecule has 1 heterocycles. The van der Waals surface area contributed by atoms with Gasteiger partial charge < -0.3 is 4.74 Å². The van der Waals surface area contributed by atoms with Gasteiger partial charge in [0.15, 0.2) is 0 Å². The molecule has 0 radical (unpaired) electrons. The summed E-state index contributed by atoms with van der Waals surface area (Å²) in [5.41, 5.74) is 3.77. The van der Waals surface area contributed by atoms with Crippen LogP contribution in [-0.4, -0.2) is 18.1 Å². The van der Waals surface area contributed by atoms with Gasteiger partial charge in [-0.2, -0.15) is 0 Å². The third-order valence-electron chi connectivity index (χ3n) is 2.87. The van der Waals surface area contributed by atoms with Gasteiger partial charge in [0.2, 0.25) is 0 Å². The molecule has 2 aromatic rings. The van der Waals surface area contributed by atoms with E-state index >= 15 is 0 Å². The van der Waals surface area contributed by atoms with Crippen LogP contribution in [0.5, 0.6) is 0 Å². The van der Waals surface area contributed by atoms with Crippen LogP contribution in [0.1, 0.15) is 22.8 Å². The Balaban J connectivity index is 2.57. The van der Waals surface area contributed by atoms with Crippen LogP contribution in [0.15, 0.2) is 43.1 Å². The van der Waals surface area contributed by atoms with Crippen molar-refractivity contribution in [1.29, 1.82) is 0 Å². The molecular weight excluding hydrogens is 274 g/mol. The lowest BCUT2D eigenvalue weighted by atomic mass is 9.99. The van der Waals surface area contributed by atoms with E-state index < -0.39 is 0 Å². The highest BCUT2D eigenvalue weighted by atomic mass is 35.5. The molecule has 4 heteroatoms. The lowest BCUT2D eigenvalue weighted by Gasteiger charge is -2.08. The Labute approximate surface area is 122 Å². The maximum atomic E-state index is 11.7. The average Bonchev–Trinajstić information content (AvgIpc) is 2.46. The summed E-state index contributed by atoms with van der Waals surface area (Å²) in [7, 11) is 1.36. The molecule has 1 aromatic carbocycles. The van der Waals surface area contributed by atoms with Crippen LogP contribution in [-0.2, 0) is 4.74 Å². The number of benzene rings is 1. The van der Waals surface area contributed by atoms with Crippen LogP contribution in [0.3, 0.4) is 0 Å². The number of aromatic nitrogens is 1. The van der Waals surface area contributed by atoms with E-state index in [1.165, 1.54) is 7.11 Å². The van der Waals surface area contributed by atoms with Gasteiger partial charge in [-0.15, -0.1) is 0 Å². The first kappa shape index (κ1) is 14.3. The second-order valence-electron chi connectivity index (χ2n) is 4.43. The van der Waals surface area contributed by atoms with Crippen LogP contribution in [0.4, 0.5) is 0 Å². The van der Waals surface area contributed by atoms with E-state index in [1.54, 1.807) is 30.5 Å². The molecule has 3 nitrogen and oxygen atoms in total. The van der Waals surface area contributed by atoms with E-state index in [0.29, 0.717) is 10.6 Å². The topological polar surface area (TPSA) is 39.2 Å². The molecule has 0 saturated carbocycles. The third kappa shape index (κ3) is 3.06. The third-order valence-corrected chi connectivity index (χ3v) is 3.09. The Morgan fingerprint density at radius 2 is 1.95 bits per heavy atom. The van der Waals surface area contributed by atoms with E-state index in [-0.39, 0.29) is 5.97 Å². The molecule has 0 unspecified atom stereocenters. The van der Waals surface area contributed by atoms with Crippen molar-refractivity contribution in [1.82, 2.24) is 4.98 Å². The van der Waals surface area contributed by atoms with Crippen molar-refractivity contribution in [2.45, 2.75) is 6.92 Å². The summed E-state index contributed by atoms with van der Waals surface area (Å²) in [6.45, 7) is 5.79. The minimum atomic E-state index is -0.386. The summed E-state index contributed by atoms with van der Waals surface area (Å²) < 4.78 is 4.77. The maximum Gasteiger partial charge on any atom is 0.337 e. The molecule has 0 amide bonds. The Bertz CT molecular complexity index is 663. The molecule has 0 aliphatic rings. The molecule has 0 spiro atoms. The normalized spacial score (nSPS) is 10.2. The first-order chi connectivity index (χ1) is 9.51. The molecule has 0 aliphatic carbocycles. The lowest BCUT2D eigenvalue weighted by molar-refractivity contribution is 0.0601. The second kappa shape index (κ2) is 5.88. The minimum Gasteiger partial charge on any atom is -0.465 e. The van der Waals surface area contributed by atoms with Gasteiger partial charge in [0.1, 0.15) is 0 Å². The van der Waals surface area contributed by atoms with E-state index in [1.807, 2.05) is 13.0 Å². The minimum absolute atomic E-state index is 0.386. The molecule has 0 bridgehead atoms. The summed E-state index contributed by atoms with van der Waals surface area (Å²) in [5.74, 6) is -0.386. The van der Waals surface area contributed by atoms with Gasteiger partial charge >= 0.3 is 5.97 Å². The predicted molar refractivity (Wildman–Crippen MR) is 80.7 cm³/mol. The fraction of sp³-hybridized carbons (Fsp3) is 0.125. The van der Waals surface area contributed by atoms with E-state index in [0.717, 1.165) is 22.4 Å². The van der Waals surface area contributed by atoms with Crippen molar-refractivity contribution in [2.75, 3.05) is 7.11 Å². The largest absolute Gasteiger partial charge is 0.465 e. The van der Waals surface area contributed by atoms with E-state index in [4.69, 9.17) is 16.3 Å². The number of hydrogen-bond acceptors (Lipinski definition) is 3. The molecule has 0 N–H and O–H groups in total. The molecule has 102 valence electrons. The quantitative estimate of drug-likeness (QED) is 0.793. The number of esters is 1. The molecule has 0 saturated heterocycles. The molecular formula is C16H14ClNO2. The molecule has 0 atom stereocenters. The average molecular weight is 288 g/mol. The van der Waals surface area contributed by atoms with E-state index in [9.17, 15) is 4.79 Å². The predicted octanol–water partition coefficient (Wildman–Crippen LogP) is 4.22. The summed E-state index contributed by atoms with van der Waals surface area (Å²) in [4.78, 5) is 16.0. The van der Waals surface area contributed by atoms with Gasteiger partial charge in [0.25, 0.3) is 0 Å². The number of pyridine rings is 1. The fourth-order valence-corrected chi connectivity index (χ4v) is 1.92. The van der Waals surface area contributed by atoms with Gasteiger partial charge in [0.05, 0.1) is 23.4 Å². The van der Waals surface area contributed by atoms with Crippen LogP contribution < -0.4 is 0 Å². The Hall–Kier alpha value is -2.13. The Morgan fingerprint density at radius 1 is 1.25 bits per heavy atom. The zero-order valence-electron chi connectivity index (χ0n) is 11.3. The number of hydrogen-bond donors (Lipinski definition) is 0. The molecule has 0 fully saturated rings. The number of ether oxygens (including phenoxy) is 1. The number of halogens is 1. The van der Waals surface area contributed by atoms with Crippen LogP contribution in [0.2, 0.25) is 5.02 Å². The van der Waals surface area contributed by atoms with Crippen molar-refractivity contribution in [3.63, 3.8) is 0 Å². The summed E-state index contributed by atoms with van der Waals surface area (Å²) >= 11 is 5.83. The first-order valence-electron chi connectivity index (χ1n) is 6.02. The van der Waals surface area contributed by atoms with Gasteiger partial charge in [-0.1, -0.05) is 23.8 Å². The van der Waals surface area contributed by atoms with Gasteiger partial charge in [0, 0.05) is 11.8 Å². The van der Waals surface area contributed by atoms with E-state index in [2.05, 4.69) is 11.6 Å². The van der Waals surface area contributed by atoms with Gasteiger partial charge in [-0.3, -0.25) is 4.98 Å². The van der Waals surface area contributed by atoms with Crippen molar-refractivity contribution < 1.29 is 9.53 Å². The number of methoxy groups -OCH3 is 1. The van der Waals surface area contributed by atoms with Crippen LogP contribution in [0, 0.1) is 0 Å². The summed E-state index contributed by atoms with van der Waals surface area (Å²) in [6.07, 6.45) is 1.57. The first-order valence-corrected chi connectivity index (χ1v) is 6.40. The molecule has 20 heavy (non-hydrogen) atoms.